The summed E-state index contributed by atoms with van der Waals surface area (Å²) < 4.78 is 41.0. The van der Waals surface area contributed by atoms with E-state index >= 15 is 0 Å². The summed E-state index contributed by atoms with van der Waals surface area (Å²) in [6, 6.07) is 18.5. The Balaban J connectivity index is 1.39. The van der Waals surface area contributed by atoms with E-state index in [0.29, 0.717) is 17.3 Å². The van der Waals surface area contributed by atoms with E-state index in [9.17, 15) is 18.0 Å². The molecular weight excluding hydrogens is 487 g/mol. The number of urea groups is 1. The van der Waals surface area contributed by atoms with Gasteiger partial charge in [-0.2, -0.15) is 13.2 Å². The molecule has 0 aliphatic carbocycles. The number of hydrogen-bond donors (Lipinski definition) is 0. The van der Waals surface area contributed by atoms with Gasteiger partial charge in [-0.05, 0) is 54.7 Å². The zero-order valence-electron chi connectivity index (χ0n) is 19.9. The van der Waals surface area contributed by atoms with Crippen molar-refractivity contribution in [2.45, 2.75) is 45.1 Å². The van der Waals surface area contributed by atoms with Crippen molar-refractivity contribution < 1.29 is 18.0 Å². The molecule has 1 fully saturated rings. The molecule has 0 unspecified atom stereocenters. The number of carbonyl (C=O) groups is 1. The first kappa shape index (κ1) is 24.5. The summed E-state index contributed by atoms with van der Waals surface area (Å²) in [5.41, 5.74) is 3.11. The SMILES string of the molecule is Cc1cccc(Cl)c1N1CCC(N2Cc3ccccc3N(Cc3ccccc3C(F)(F)F)C2=O)CC1. The molecule has 3 aromatic rings. The van der Waals surface area contributed by atoms with Gasteiger partial charge in [-0.1, -0.05) is 60.1 Å². The second kappa shape index (κ2) is 9.69. The van der Waals surface area contributed by atoms with Crippen molar-refractivity contribution in [3.05, 3.63) is 94.0 Å². The van der Waals surface area contributed by atoms with Gasteiger partial charge < -0.3 is 9.80 Å². The quantitative estimate of drug-likeness (QED) is 0.366. The predicted octanol–water partition coefficient (Wildman–Crippen LogP) is 7.28. The summed E-state index contributed by atoms with van der Waals surface area (Å²) in [4.78, 5) is 19.3. The average molecular weight is 514 g/mol. The molecule has 1 saturated heterocycles. The van der Waals surface area contributed by atoms with Crippen LogP contribution in [0.3, 0.4) is 0 Å². The lowest BCUT2D eigenvalue weighted by Crippen LogP contribution is -2.54. The third-order valence-electron chi connectivity index (χ3n) is 7.16. The second-order valence-electron chi connectivity index (χ2n) is 9.40. The van der Waals surface area contributed by atoms with Crippen molar-refractivity contribution in [2.75, 3.05) is 22.9 Å². The van der Waals surface area contributed by atoms with E-state index in [4.69, 9.17) is 11.6 Å². The third kappa shape index (κ3) is 4.64. The van der Waals surface area contributed by atoms with Crippen LogP contribution in [0.25, 0.3) is 0 Å². The number of rotatable bonds is 4. The number of halogens is 4. The average Bonchev–Trinajstić information content (AvgIpc) is 2.86. The van der Waals surface area contributed by atoms with E-state index < -0.39 is 11.7 Å². The van der Waals surface area contributed by atoms with Crippen molar-refractivity contribution in [3.63, 3.8) is 0 Å². The number of fused-ring (bicyclic) bond motifs is 1. The molecule has 3 aromatic carbocycles. The van der Waals surface area contributed by atoms with Gasteiger partial charge in [0.05, 0.1) is 28.5 Å². The van der Waals surface area contributed by atoms with Gasteiger partial charge in [0.25, 0.3) is 0 Å². The molecule has 0 N–H and O–H groups in total. The fraction of sp³-hybridized carbons (Fsp3) is 0.321. The van der Waals surface area contributed by atoms with Crippen LogP contribution in [0.15, 0.2) is 66.7 Å². The van der Waals surface area contributed by atoms with Crippen molar-refractivity contribution in [2.24, 2.45) is 0 Å². The number of nitrogens with zero attached hydrogens (tertiary/aromatic N) is 3. The van der Waals surface area contributed by atoms with E-state index in [1.807, 2.05) is 54.3 Å². The number of para-hydroxylation sites is 2. The van der Waals surface area contributed by atoms with Gasteiger partial charge in [-0.3, -0.25) is 4.90 Å². The highest BCUT2D eigenvalue weighted by Crippen LogP contribution is 2.38. The van der Waals surface area contributed by atoms with Gasteiger partial charge in [-0.25, -0.2) is 4.79 Å². The summed E-state index contributed by atoms with van der Waals surface area (Å²) in [6.45, 7) is 3.84. The highest BCUT2D eigenvalue weighted by molar-refractivity contribution is 6.33. The maximum absolute atomic E-state index is 13.7. The van der Waals surface area contributed by atoms with Crippen LogP contribution >= 0.6 is 11.6 Å². The smallest absolute Gasteiger partial charge is 0.370 e. The number of carbonyl (C=O) groups excluding carboxylic acids is 1. The largest absolute Gasteiger partial charge is 0.416 e. The van der Waals surface area contributed by atoms with E-state index in [2.05, 4.69) is 4.90 Å². The number of benzene rings is 3. The topological polar surface area (TPSA) is 26.8 Å². The van der Waals surface area contributed by atoms with Gasteiger partial charge in [-0.15, -0.1) is 0 Å². The van der Waals surface area contributed by atoms with Crippen LogP contribution in [0.2, 0.25) is 5.02 Å². The minimum absolute atomic E-state index is 0.00902. The van der Waals surface area contributed by atoms with Gasteiger partial charge in [0.1, 0.15) is 0 Å². The number of aryl methyl sites for hydroxylation is 1. The molecule has 8 heteroatoms. The Morgan fingerprint density at radius 3 is 2.36 bits per heavy atom. The zero-order valence-corrected chi connectivity index (χ0v) is 20.7. The summed E-state index contributed by atoms with van der Waals surface area (Å²) in [6.07, 6.45) is -2.98. The lowest BCUT2D eigenvalue weighted by molar-refractivity contribution is -0.138. The van der Waals surface area contributed by atoms with Gasteiger partial charge in [0.15, 0.2) is 0 Å². The molecular formula is C28H27ClF3N3O. The zero-order chi connectivity index (χ0) is 25.4. The Labute approximate surface area is 213 Å². The highest BCUT2D eigenvalue weighted by atomic mass is 35.5. The normalized spacial score (nSPS) is 16.9. The van der Waals surface area contributed by atoms with E-state index in [0.717, 1.165) is 48.8 Å². The van der Waals surface area contributed by atoms with Gasteiger partial charge in [0.2, 0.25) is 0 Å². The fourth-order valence-electron chi connectivity index (χ4n) is 5.39. The molecule has 2 amide bonds. The lowest BCUT2D eigenvalue weighted by atomic mass is 9.98. The second-order valence-corrected chi connectivity index (χ2v) is 9.81. The molecule has 2 aliphatic rings. The van der Waals surface area contributed by atoms with E-state index in [1.54, 1.807) is 6.07 Å². The standard InChI is InChI=1S/C28H27ClF3N3O/c1-19-7-6-11-24(29)26(19)33-15-13-22(14-16-33)34-18-21-9-3-5-12-25(21)35(27(34)36)17-20-8-2-4-10-23(20)28(30,31)32/h2-12,22H,13-18H2,1H3. The van der Waals surface area contributed by atoms with Crippen LogP contribution in [0.4, 0.5) is 29.3 Å². The maximum Gasteiger partial charge on any atom is 0.416 e. The summed E-state index contributed by atoms with van der Waals surface area (Å²) in [7, 11) is 0. The maximum atomic E-state index is 13.7. The molecule has 5 rings (SSSR count). The summed E-state index contributed by atoms with van der Waals surface area (Å²) in [5, 5.41) is 0.714. The lowest BCUT2D eigenvalue weighted by Gasteiger charge is -2.44. The van der Waals surface area contributed by atoms with Gasteiger partial charge >= 0.3 is 12.2 Å². The van der Waals surface area contributed by atoms with E-state index in [1.165, 1.54) is 17.0 Å². The molecule has 2 aliphatic heterocycles. The fourth-order valence-corrected chi connectivity index (χ4v) is 5.73. The van der Waals surface area contributed by atoms with Crippen molar-refractivity contribution >= 4 is 29.0 Å². The molecule has 0 spiro atoms. The molecule has 0 saturated carbocycles. The molecule has 0 atom stereocenters. The highest BCUT2D eigenvalue weighted by Gasteiger charge is 2.38. The van der Waals surface area contributed by atoms with Crippen molar-refractivity contribution in [1.29, 1.82) is 0 Å². The molecule has 188 valence electrons. The van der Waals surface area contributed by atoms with Crippen molar-refractivity contribution in [1.82, 2.24) is 4.90 Å². The number of piperidine rings is 1. The molecule has 4 nitrogen and oxygen atoms in total. The number of hydrogen-bond acceptors (Lipinski definition) is 2. The predicted molar refractivity (Wildman–Crippen MR) is 136 cm³/mol. The Bertz CT molecular complexity index is 1250. The summed E-state index contributed by atoms with van der Waals surface area (Å²) >= 11 is 6.48. The molecule has 0 radical (unpaired) electrons. The van der Waals surface area contributed by atoms with Crippen molar-refractivity contribution in [3.8, 4) is 0 Å². The first-order valence-electron chi connectivity index (χ1n) is 12.0. The van der Waals surface area contributed by atoms with Crippen LogP contribution in [-0.4, -0.2) is 30.1 Å². The minimum Gasteiger partial charge on any atom is -0.370 e. The van der Waals surface area contributed by atoms with Crippen LogP contribution in [0, 0.1) is 6.92 Å². The van der Waals surface area contributed by atoms with Crippen LogP contribution in [-0.2, 0) is 19.3 Å². The molecule has 0 bridgehead atoms. The first-order valence-corrected chi connectivity index (χ1v) is 12.4. The number of alkyl halides is 3. The molecule has 36 heavy (non-hydrogen) atoms. The number of anilines is 2. The first-order chi connectivity index (χ1) is 17.2. The third-order valence-corrected chi connectivity index (χ3v) is 7.47. The monoisotopic (exact) mass is 513 g/mol. The van der Waals surface area contributed by atoms with Crippen LogP contribution < -0.4 is 9.80 Å². The summed E-state index contributed by atoms with van der Waals surface area (Å²) in [5.74, 6) is 0. The van der Waals surface area contributed by atoms with Crippen LogP contribution in [0.1, 0.15) is 35.1 Å². The van der Waals surface area contributed by atoms with Crippen LogP contribution in [0.5, 0.6) is 0 Å². The Morgan fingerprint density at radius 2 is 1.64 bits per heavy atom. The Hall–Kier alpha value is -3.19. The number of amides is 2. The minimum atomic E-state index is -4.49. The van der Waals surface area contributed by atoms with E-state index in [-0.39, 0.29) is 24.2 Å². The molecule has 2 heterocycles. The van der Waals surface area contributed by atoms with Gasteiger partial charge in [0, 0.05) is 25.7 Å². The Morgan fingerprint density at radius 1 is 0.944 bits per heavy atom. The molecule has 0 aromatic heterocycles. The Kier molecular flexibility index (Phi) is 6.60.